The maximum Gasteiger partial charge on any atom is 0.337 e. The Kier molecular flexibility index (Phi) is 4.30. The molecule has 0 saturated carbocycles. The maximum absolute atomic E-state index is 11.2. The van der Waals surface area contributed by atoms with Crippen molar-refractivity contribution in [1.29, 1.82) is 0 Å². The highest BCUT2D eigenvalue weighted by molar-refractivity contribution is 6.31. The average molecular weight is 290 g/mol. The van der Waals surface area contributed by atoms with Gasteiger partial charge in [-0.2, -0.15) is 0 Å². The van der Waals surface area contributed by atoms with E-state index in [0.717, 1.165) is 5.69 Å². The van der Waals surface area contributed by atoms with Gasteiger partial charge in [-0.25, -0.2) is 4.79 Å². The number of carbonyl (C=O) groups is 1. The van der Waals surface area contributed by atoms with Crippen molar-refractivity contribution in [2.75, 3.05) is 5.32 Å². The quantitative estimate of drug-likeness (QED) is 0.841. The highest BCUT2D eigenvalue weighted by Gasteiger charge is 2.11. The monoisotopic (exact) mass is 289 g/mol. The van der Waals surface area contributed by atoms with Gasteiger partial charge in [0.2, 0.25) is 0 Å². The first-order valence-electron chi connectivity index (χ1n) is 6.37. The molecular formula is C16H16ClNO2. The molecule has 2 aromatic carbocycles. The summed E-state index contributed by atoms with van der Waals surface area (Å²) in [6, 6.07) is 12.7. The number of benzene rings is 2. The summed E-state index contributed by atoms with van der Waals surface area (Å²) in [6.45, 7) is 4.23. The Balaban J connectivity index is 2.35. The van der Waals surface area contributed by atoms with E-state index < -0.39 is 5.97 Å². The Morgan fingerprint density at radius 3 is 2.60 bits per heavy atom. The fraction of sp³-hybridized carbons (Fsp3) is 0.188. The number of rotatable bonds is 4. The molecule has 2 rings (SSSR count). The van der Waals surface area contributed by atoms with E-state index in [9.17, 15) is 9.90 Å². The summed E-state index contributed by atoms with van der Waals surface area (Å²) in [5.74, 6) is -0.587. The Bertz CT molecular complexity index is 638. The van der Waals surface area contributed by atoms with Crippen molar-refractivity contribution in [2.24, 2.45) is 0 Å². The summed E-state index contributed by atoms with van der Waals surface area (Å²) >= 11 is 5.84. The summed E-state index contributed by atoms with van der Waals surface area (Å²) < 4.78 is 0. The molecule has 0 spiro atoms. The normalized spacial score (nSPS) is 10.6. The van der Waals surface area contributed by atoms with Crippen LogP contribution in [0.5, 0.6) is 0 Å². The lowest BCUT2D eigenvalue weighted by atomic mass is 10.0. The van der Waals surface area contributed by atoms with E-state index in [-0.39, 0.29) is 5.56 Å². The summed E-state index contributed by atoms with van der Waals surface area (Å²) in [5, 5.41) is 12.8. The first-order chi connectivity index (χ1) is 9.47. The molecule has 3 nitrogen and oxygen atoms in total. The fourth-order valence-corrected chi connectivity index (χ4v) is 2.11. The second-order valence-corrected chi connectivity index (χ2v) is 5.34. The second kappa shape index (κ2) is 5.97. The third kappa shape index (κ3) is 3.31. The van der Waals surface area contributed by atoms with E-state index in [1.807, 2.05) is 18.2 Å². The van der Waals surface area contributed by atoms with Crippen LogP contribution in [0.4, 0.5) is 11.4 Å². The summed E-state index contributed by atoms with van der Waals surface area (Å²) in [7, 11) is 0. The van der Waals surface area contributed by atoms with E-state index >= 15 is 0 Å². The van der Waals surface area contributed by atoms with Gasteiger partial charge in [-0.05, 0) is 41.8 Å². The first-order valence-corrected chi connectivity index (χ1v) is 6.75. The van der Waals surface area contributed by atoms with E-state index in [1.165, 1.54) is 11.6 Å². The van der Waals surface area contributed by atoms with Gasteiger partial charge in [0.1, 0.15) is 0 Å². The zero-order valence-corrected chi connectivity index (χ0v) is 12.1. The minimum atomic E-state index is -1.00. The largest absolute Gasteiger partial charge is 0.478 e. The number of halogens is 1. The lowest BCUT2D eigenvalue weighted by molar-refractivity contribution is 0.0698. The van der Waals surface area contributed by atoms with Crippen molar-refractivity contribution in [1.82, 2.24) is 0 Å². The standard InChI is InChI=1S/C16H16ClNO2/c1-10(2)11-4-3-5-13(8-11)18-15-7-6-12(17)9-14(15)16(19)20/h3-10,18H,1-2H3,(H,19,20). The Labute approximate surface area is 123 Å². The van der Waals surface area contributed by atoms with Gasteiger partial charge in [0, 0.05) is 10.7 Å². The molecule has 0 unspecified atom stereocenters. The molecule has 4 heteroatoms. The highest BCUT2D eigenvalue weighted by atomic mass is 35.5. The van der Waals surface area contributed by atoms with Crippen LogP contribution in [0.1, 0.15) is 35.7 Å². The lowest BCUT2D eigenvalue weighted by Crippen LogP contribution is -2.03. The number of carboxylic acids is 1. The van der Waals surface area contributed by atoms with Crippen LogP contribution in [-0.2, 0) is 0 Å². The van der Waals surface area contributed by atoms with Crippen molar-refractivity contribution in [3.8, 4) is 0 Å². The fourth-order valence-electron chi connectivity index (χ4n) is 1.93. The van der Waals surface area contributed by atoms with E-state index in [0.29, 0.717) is 16.6 Å². The molecule has 0 aliphatic carbocycles. The third-order valence-corrected chi connectivity index (χ3v) is 3.28. The number of hydrogen-bond acceptors (Lipinski definition) is 2. The molecule has 2 aromatic rings. The van der Waals surface area contributed by atoms with Crippen LogP contribution in [-0.4, -0.2) is 11.1 Å². The van der Waals surface area contributed by atoms with Crippen LogP contribution in [0.3, 0.4) is 0 Å². The Hall–Kier alpha value is -2.00. The van der Waals surface area contributed by atoms with Gasteiger partial charge >= 0.3 is 5.97 Å². The van der Waals surface area contributed by atoms with Crippen molar-refractivity contribution < 1.29 is 9.90 Å². The van der Waals surface area contributed by atoms with Crippen molar-refractivity contribution in [3.63, 3.8) is 0 Å². The van der Waals surface area contributed by atoms with Gasteiger partial charge < -0.3 is 10.4 Å². The minimum Gasteiger partial charge on any atom is -0.478 e. The maximum atomic E-state index is 11.2. The molecule has 0 aliphatic rings. The summed E-state index contributed by atoms with van der Waals surface area (Å²) in [6.07, 6.45) is 0. The molecule has 0 radical (unpaired) electrons. The number of anilines is 2. The molecule has 0 bridgehead atoms. The molecule has 0 amide bonds. The van der Waals surface area contributed by atoms with Gasteiger partial charge in [-0.3, -0.25) is 0 Å². The predicted octanol–water partition coefficient (Wildman–Crippen LogP) is 4.91. The number of hydrogen-bond donors (Lipinski definition) is 2. The van der Waals surface area contributed by atoms with Gasteiger partial charge in [-0.1, -0.05) is 37.6 Å². The van der Waals surface area contributed by atoms with E-state index in [2.05, 4.69) is 25.2 Å². The van der Waals surface area contributed by atoms with Crippen LogP contribution in [0.15, 0.2) is 42.5 Å². The summed E-state index contributed by atoms with van der Waals surface area (Å²) in [5.41, 5.74) is 2.75. The SMILES string of the molecule is CC(C)c1cccc(Nc2ccc(Cl)cc2C(=O)O)c1. The number of nitrogens with one attached hydrogen (secondary N) is 1. The molecule has 0 aromatic heterocycles. The summed E-state index contributed by atoms with van der Waals surface area (Å²) in [4.78, 5) is 11.2. The molecule has 104 valence electrons. The molecular weight excluding hydrogens is 274 g/mol. The molecule has 20 heavy (non-hydrogen) atoms. The zero-order chi connectivity index (χ0) is 14.7. The lowest BCUT2D eigenvalue weighted by Gasteiger charge is -2.12. The van der Waals surface area contributed by atoms with Crippen molar-refractivity contribution >= 4 is 28.9 Å². The zero-order valence-electron chi connectivity index (χ0n) is 11.4. The predicted molar refractivity (Wildman–Crippen MR) is 82.2 cm³/mol. The smallest absolute Gasteiger partial charge is 0.337 e. The molecule has 0 aliphatic heterocycles. The van der Waals surface area contributed by atoms with E-state index in [1.54, 1.807) is 12.1 Å². The van der Waals surface area contributed by atoms with Crippen LogP contribution in [0, 0.1) is 0 Å². The topological polar surface area (TPSA) is 49.3 Å². The molecule has 0 fully saturated rings. The highest BCUT2D eigenvalue weighted by Crippen LogP contribution is 2.26. The third-order valence-electron chi connectivity index (χ3n) is 3.04. The van der Waals surface area contributed by atoms with Crippen molar-refractivity contribution in [2.45, 2.75) is 19.8 Å². The Morgan fingerprint density at radius 1 is 1.20 bits per heavy atom. The second-order valence-electron chi connectivity index (χ2n) is 4.90. The Morgan fingerprint density at radius 2 is 1.95 bits per heavy atom. The van der Waals surface area contributed by atoms with Crippen LogP contribution in [0.2, 0.25) is 5.02 Å². The van der Waals surface area contributed by atoms with Gasteiger partial charge in [0.05, 0.1) is 11.3 Å². The molecule has 0 heterocycles. The van der Waals surface area contributed by atoms with Crippen LogP contribution in [0.25, 0.3) is 0 Å². The minimum absolute atomic E-state index is 0.160. The van der Waals surface area contributed by atoms with Crippen LogP contribution < -0.4 is 5.32 Å². The van der Waals surface area contributed by atoms with Crippen LogP contribution >= 0.6 is 11.6 Å². The molecule has 0 saturated heterocycles. The number of aromatic carboxylic acids is 1. The van der Waals surface area contributed by atoms with E-state index in [4.69, 9.17) is 11.6 Å². The number of carboxylic acid groups (broad SMARTS) is 1. The van der Waals surface area contributed by atoms with Crippen molar-refractivity contribution in [3.05, 3.63) is 58.6 Å². The van der Waals surface area contributed by atoms with Gasteiger partial charge in [0.15, 0.2) is 0 Å². The molecule has 2 N–H and O–H groups in total. The average Bonchev–Trinajstić information content (AvgIpc) is 2.41. The van der Waals surface area contributed by atoms with Gasteiger partial charge in [0.25, 0.3) is 0 Å². The molecule has 0 atom stereocenters. The first kappa shape index (κ1) is 14.4. The van der Waals surface area contributed by atoms with Gasteiger partial charge in [-0.15, -0.1) is 0 Å².